The van der Waals surface area contributed by atoms with Crippen molar-refractivity contribution in [3.63, 3.8) is 0 Å². The Morgan fingerprint density at radius 3 is 2.94 bits per heavy atom. The maximum absolute atomic E-state index is 9.91. The number of halogens is 1. The van der Waals surface area contributed by atoms with Crippen molar-refractivity contribution in [1.29, 1.82) is 0 Å². The monoisotopic (exact) mass is 270 g/mol. The van der Waals surface area contributed by atoms with Crippen LogP contribution in [0.2, 0.25) is 5.02 Å². The molecule has 2 rings (SSSR count). The number of ether oxygens (including phenoxy) is 2. The number of hydrogen-bond donors (Lipinski definition) is 1. The molecular weight excluding hydrogens is 256 g/mol. The van der Waals surface area contributed by atoms with Crippen molar-refractivity contribution < 1.29 is 19.0 Å². The number of aliphatic hydroxyl groups excluding tert-OH is 1. The van der Waals surface area contributed by atoms with Gasteiger partial charge in [0, 0.05) is 12.5 Å². The molecule has 98 valence electrons. The average molecular weight is 271 g/mol. The first-order chi connectivity index (χ1) is 8.72. The summed E-state index contributed by atoms with van der Waals surface area (Å²) in [5.74, 6) is 0.454. The Labute approximate surface area is 110 Å². The Balaban J connectivity index is 2.04. The maximum Gasteiger partial charge on any atom is 0.152 e. The lowest BCUT2D eigenvalue weighted by atomic mass is 10.2. The first kappa shape index (κ1) is 13.4. The zero-order valence-corrected chi connectivity index (χ0v) is 10.8. The molecule has 0 saturated heterocycles. The van der Waals surface area contributed by atoms with Crippen molar-refractivity contribution in [2.24, 2.45) is 0 Å². The van der Waals surface area contributed by atoms with Crippen molar-refractivity contribution in [2.75, 3.05) is 26.9 Å². The summed E-state index contributed by atoms with van der Waals surface area (Å²) in [6, 6.07) is 7.24. The molecule has 1 aromatic carbocycles. The van der Waals surface area contributed by atoms with E-state index in [0.717, 1.165) is 5.39 Å². The second-order valence-electron chi connectivity index (χ2n) is 3.89. The maximum atomic E-state index is 9.91. The van der Waals surface area contributed by atoms with Gasteiger partial charge in [0.15, 0.2) is 5.58 Å². The van der Waals surface area contributed by atoms with Gasteiger partial charge in [-0.25, -0.2) is 0 Å². The Morgan fingerprint density at radius 1 is 1.39 bits per heavy atom. The van der Waals surface area contributed by atoms with E-state index in [0.29, 0.717) is 29.6 Å². The quantitative estimate of drug-likeness (QED) is 0.820. The zero-order valence-electron chi connectivity index (χ0n) is 10.1. The van der Waals surface area contributed by atoms with E-state index in [1.807, 2.05) is 12.1 Å². The number of rotatable bonds is 6. The van der Waals surface area contributed by atoms with E-state index in [9.17, 15) is 5.11 Å². The summed E-state index contributed by atoms with van der Waals surface area (Å²) in [6.07, 6.45) is -0.801. The summed E-state index contributed by atoms with van der Waals surface area (Å²) in [7, 11) is 1.60. The van der Waals surface area contributed by atoms with Crippen LogP contribution >= 0.6 is 11.6 Å². The zero-order chi connectivity index (χ0) is 13.0. The SMILES string of the molecule is COCCOCC(O)c1cc2cccc(Cl)c2o1. The minimum absolute atomic E-state index is 0.167. The number of hydrogen-bond acceptors (Lipinski definition) is 4. The van der Waals surface area contributed by atoms with Crippen LogP contribution in [0.1, 0.15) is 11.9 Å². The fraction of sp³-hybridized carbons (Fsp3) is 0.385. The van der Waals surface area contributed by atoms with E-state index in [1.54, 1.807) is 19.2 Å². The van der Waals surface area contributed by atoms with Crippen LogP contribution in [0.4, 0.5) is 0 Å². The van der Waals surface area contributed by atoms with E-state index in [4.69, 9.17) is 25.5 Å². The lowest BCUT2D eigenvalue weighted by Gasteiger charge is -2.08. The molecule has 1 heterocycles. The third-order valence-electron chi connectivity index (χ3n) is 2.55. The smallest absolute Gasteiger partial charge is 0.152 e. The Morgan fingerprint density at radius 2 is 2.22 bits per heavy atom. The highest BCUT2D eigenvalue weighted by molar-refractivity contribution is 6.34. The van der Waals surface area contributed by atoms with Crippen molar-refractivity contribution >= 4 is 22.6 Å². The van der Waals surface area contributed by atoms with E-state index in [-0.39, 0.29) is 6.61 Å². The average Bonchev–Trinajstić information content (AvgIpc) is 2.80. The summed E-state index contributed by atoms with van der Waals surface area (Å²) < 4.78 is 15.6. The lowest BCUT2D eigenvalue weighted by Crippen LogP contribution is -2.09. The fourth-order valence-electron chi connectivity index (χ4n) is 1.63. The number of furan rings is 1. The predicted octanol–water partition coefficient (Wildman–Crippen LogP) is 2.78. The lowest BCUT2D eigenvalue weighted by molar-refractivity contribution is 0.00524. The summed E-state index contributed by atoms with van der Waals surface area (Å²) in [4.78, 5) is 0. The second kappa shape index (κ2) is 6.20. The molecular formula is C13H15ClO4. The molecule has 0 radical (unpaired) electrons. The third kappa shape index (κ3) is 3.03. The van der Waals surface area contributed by atoms with Gasteiger partial charge < -0.3 is 19.0 Å². The van der Waals surface area contributed by atoms with Gasteiger partial charge in [-0.1, -0.05) is 23.7 Å². The molecule has 1 atom stereocenters. The Hall–Kier alpha value is -1.07. The van der Waals surface area contributed by atoms with Gasteiger partial charge in [0.1, 0.15) is 11.9 Å². The molecule has 2 aromatic rings. The molecule has 5 heteroatoms. The van der Waals surface area contributed by atoms with Crippen LogP contribution in [-0.4, -0.2) is 32.0 Å². The number of benzene rings is 1. The van der Waals surface area contributed by atoms with Gasteiger partial charge >= 0.3 is 0 Å². The second-order valence-corrected chi connectivity index (χ2v) is 4.30. The molecule has 0 aliphatic carbocycles. The van der Waals surface area contributed by atoms with E-state index < -0.39 is 6.10 Å². The summed E-state index contributed by atoms with van der Waals surface area (Å²) in [6.45, 7) is 1.11. The molecule has 18 heavy (non-hydrogen) atoms. The highest BCUT2D eigenvalue weighted by Crippen LogP contribution is 2.29. The van der Waals surface area contributed by atoms with Gasteiger partial charge in [0.25, 0.3) is 0 Å². The van der Waals surface area contributed by atoms with Gasteiger partial charge in [-0.15, -0.1) is 0 Å². The molecule has 1 aromatic heterocycles. The molecule has 0 aliphatic rings. The first-order valence-electron chi connectivity index (χ1n) is 5.65. The van der Waals surface area contributed by atoms with Gasteiger partial charge in [-0.05, 0) is 12.1 Å². The molecule has 0 saturated carbocycles. The van der Waals surface area contributed by atoms with Crippen molar-refractivity contribution in [3.05, 3.63) is 35.0 Å². The molecule has 1 N–H and O–H groups in total. The summed E-state index contributed by atoms with van der Waals surface area (Å²) in [5, 5.41) is 11.3. The predicted molar refractivity (Wildman–Crippen MR) is 68.9 cm³/mol. The van der Waals surface area contributed by atoms with Crippen molar-refractivity contribution in [2.45, 2.75) is 6.10 Å². The Bertz CT molecular complexity index is 509. The summed E-state index contributed by atoms with van der Waals surface area (Å²) in [5.41, 5.74) is 0.588. The number of fused-ring (bicyclic) bond motifs is 1. The van der Waals surface area contributed by atoms with Crippen LogP contribution in [0.15, 0.2) is 28.7 Å². The van der Waals surface area contributed by atoms with Gasteiger partial charge in [-0.2, -0.15) is 0 Å². The number of para-hydroxylation sites is 1. The molecule has 0 amide bonds. The van der Waals surface area contributed by atoms with Gasteiger partial charge in [0.05, 0.1) is 24.8 Å². The standard InChI is InChI=1S/C13H15ClO4/c1-16-5-6-17-8-11(15)12-7-9-3-2-4-10(14)13(9)18-12/h2-4,7,11,15H,5-6,8H2,1H3. The molecule has 0 fully saturated rings. The number of aliphatic hydroxyl groups is 1. The largest absolute Gasteiger partial charge is 0.457 e. The van der Waals surface area contributed by atoms with E-state index >= 15 is 0 Å². The molecule has 0 bridgehead atoms. The normalized spacial score (nSPS) is 13.1. The van der Waals surface area contributed by atoms with Crippen LogP contribution in [0.5, 0.6) is 0 Å². The van der Waals surface area contributed by atoms with E-state index in [2.05, 4.69) is 0 Å². The third-order valence-corrected chi connectivity index (χ3v) is 2.85. The van der Waals surface area contributed by atoms with Crippen LogP contribution in [0.25, 0.3) is 11.0 Å². The van der Waals surface area contributed by atoms with Crippen LogP contribution in [-0.2, 0) is 9.47 Å². The first-order valence-corrected chi connectivity index (χ1v) is 6.03. The van der Waals surface area contributed by atoms with E-state index in [1.165, 1.54) is 0 Å². The molecule has 0 aliphatic heterocycles. The topological polar surface area (TPSA) is 51.8 Å². The van der Waals surface area contributed by atoms with Gasteiger partial charge in [-0.3, -0.25) is 0 Å². The minimum Gasteiger partial charge on any atom is -0.457 e. The van der Waals surface area contributed by atoms with Crippen molar-refractivity contribution in [3.8, 4) is 0 Å². The Kier molecular flexibility index (Phi) is 4.60. The summed E-state index contributed by atoms with van der Waals surface area (Å²) >= 11 is 6.00. The highest BCUT2D eigenvalue weighted by atomic mass is 35.5. The van der Waals surface area contributed by atoms with Gasteiger partial charge in [0.2, 0.25) is 0 Å². The van der Waals surface area contributed by atoms with Crippen LogP contribution < -0.4 is 0 Å². The van der Waals surface area contributed by atoms with Crippen LogP contribution in [0, 0.1) is 0 Å². The van der Waals surface area contributed by atoms with Crippen LogP contribution in [0.3, 0.4) is 0 Å². The fourth-order valence-corrected chi connectivity index (χ4v) is 1.85. The number of methoxy groups -OCH3 is 1. The minimum atomic E-state index is -0.801. The molecule has 0 spiro atoms. The molecule has 4 nitrogen and oxygen atoms in total. The van der Waals surface area contributed by atoms with Crippen molar-refractivity contribution in [1.82, 2.24) is 0 Å². The molecule has 1 unspecified atom stereocenters. The highest BCUT2D eigenvalue weighted by Gasteiger charge is 2.14.